The first kappa shape index (κ1) is 21.2. The number of likely N-dealkylation sites (tertiary alicyclic amines) is 1. The van der Waals surface area contributed by atoms with Gasteiger partial charge in [0.15, 0.2) is 0 Å². The van der Waals surface area contributed by atoms with Gasteiger partial charge in [0.2, 0.25) is 0 Å². The first-order valence-electron chi connectivity index (χ1n) is 9.71. The van der Waals surface area contributed by atoms with Crippen molar-refractivity contribution in [1.82, 2.24) is 19.9 Å². The summed E-state index contributed by atoms with van der Waals surface area (Å²) in [7, 11) is 0. The van der Waals surface area contributed by atoms with E-state index in [1.807, 2.05) is 6.07 Å². The van der Waals surface area contributed by atoms with Crippen LogP contribution in [0.15, 0.2) is 55.1 Å². The molecule has 0 saturated carbocycles. The highest BCUT2D eigenvalue weighted by atomic mass is 19.3. The molecule has 1 aliphatic heterocycles. The maximum atomic E-state index is 12.4. The number of anilines is 1. The fourth-order valence-corrected chi connectivity index (χ4v) is 3.30. The first-order valence-corrected chi connectivity index (χ1v) is 9.71. The van der Waals surface area contributed by atoms with Crippen LogP contribution in [0.4, 0.5) is 19.3 Å². The van der Waals surface area contributed by atoms with Gasteiger partial charge in [-0.1, -0.05) is 6.07 Å². The van der Waals surface area contributed by atoms with Crippen LogP contribution in [0, 0.1) is 0 Å². The molecule has 2 aromatic heterocycles. The van der Waals surface area contributed by atoms with Crippen molar-refractivity contribution in [2.45, 2.75) is 19.1 Å². The van der Waals surface area contributed by atoms with Crippen LogP contribution in [0.5, 0.6) is 17.5 Å². The van der Waals surface area contributed by atoms with E-state index in [2.05, 4.69) is 25.0 Å². The number of nitrogens with zero attached hydrogens (tertiary/aromatic N) is 4. The van der Waals surface area contributed by atoms with Gasteiger partial charge in [-0.3, -0.25) is 4.98 Å². The van der Waals surface area contributed by atoms with Crippen molar-refractivity contribution >= 4 is 11.8 Å². The van der Waals surface area contributed by atoms with Gasteiger partial charge in [0.25, 0.3) is 0 Å². The molecule has 32 heavy (non-hydrogen) atoms. The number of ether oxygens (including phenoxy) is 2. The normalized spacial score (nSPS) is 15.6. The number of alkyl halides is 2. The number of aromatic nitrogens is 3. The third kappa shape index (κ3) is 5.36. The lowest BCUT2D eigenvalue weighted by molar-refractivity contribution is -0.0499. The average molecular weight is 443 g/mol. The van der Waals surface area contributed by atoms with Crippen LogP contribution in [0.1, 0.15) is 6.42 Å². The van der Waals surface area contributed by atoms with Crippen LogP contribution in [0.3, 0.4) is 0 Å². The molecule has 1 atom stereocenters. The first-order chi connectivity index (χ1) is 15.5. The Labute approximate surface area is 181 Å². The van der Waals surface area contributed by atoms with Crippen LogP contribution in [-0.2, 0) is 0 Å². The molecule has 1 saturated heterocycles. The van der Waals surface area contributed by atoms with E-state index in [9.17, 15) is 13.6 Å². The molecule has 1 aliphatic rings. The summed E-state index contributed by atoms with van der Waals surface area (Å²) in [6, 6.07) is 7.74. The van der Waals surface area contributed by atoms with Crippen LogP contribution in [-0.4, -0.2) is 56.8 Å². The molecule has 4 rings (SSSR count). The highest BCUT2D eigenvalue weighted by molar-refractivity contribution is 5.67. The quantitative estimate of drug-likeness (QED) is 0.562. The number of rotatable bonds is 7. The minimum Gasteiger partial charge on any atom is -0.465 e. The lowest BCUT2D eigenvalue weighted by Crippen LogP contribution is -2.30. The van der Waals surface area contributed by atoms with Gasteiger partial charge in [0.1, 0.15) is 11.5 Å². The molecule has 0 spiro atoms. The molecular formula is C21H19F2N5O4. The van der Waals surface area contributed by atoms with Gasteiger partial charge in [-0.15, -0.1) is 0 Å². The molecule has 9 nitrogen and oxygen atoms in total. The molecule has 166 valence electrons. The number of carboxylic acid groups (broad SMARTS) is 1. The Hall–Kier alpha value is -4.02. The number of hydrogen-bond donors (Lipinski definition) is 2. The van der Waals surface area contributed by atoms with Gasteiger partial charge >= 0.3 is 18.7 Å². The van der Waals surface area contributed by atoms with Gasteiger partial charge in [-0.05, 0) is 24.6 Å². The molecule has 3 aromatic rings. The van der Waals surface area contributed by atoms with Crippen LogP contribution in [0.2, 0.25) is 0 Å². The number of nitrogens with one attached hydrogen (secondary N) is 1. The number of pyridine rings is 1. The largest absolute Gasteiger partial charge is 0.465 e. The van der Waals surface area contributed by atoms with E-state index in [4.69, 9.17) is 9.84 Å². The van der Waals surface area contributed by atoms with Crippen molar-refractivity contribution in [3.05, 3.63) is 55.1 Å². The Morgan fingerprint density at radius 2 is 1.91 bits per heavy atom. The lowest BCUT2D eigenvalue weighted by Gasteiger charge is -2.15. The highest BCUT2D eigenvalue weighted by Crippen LogP contribution is 2.26. The maximum absolute atomic E-state index is 12.4. The van der Waals surface area contributed by atoms with Crippen LogP contribution < -0.4 is 14.8 Å². The predicted molar refractivity (Wildman–Crippen MR) is 110 cm³/mol. The van der Waals surface area contributed by atoms with Crippen molar-refractivity contribution in [2.24, 2.45) is 0 Å². The van der Waals surface area contributed by atoms with E-state index < -0.39 is 12.7 Å². The van der Waals surface area contributed by atoms with Gasteiger partial charge in [-0.25, -0.2) is 14.8 Å². The second-order valence-corrected chi connectivity index (χ2v) is 7.03. The van der Waals surface area contributed by atoms with E-state index in [1.165, 1.54) is 23.1 Å². The Morgan fingerprint density at radius 3 is 2.62 bits per heavy atom. The third-order valence-corrected chi connectivity index (χ3v) is 4.77. The topological polar surface area (TPSA) is 110 Å². The maximum Gasteiger partial charge on any atom is 0.407 e. The van der Waals surface area contributed by atoms with Gasteiger partial charge in [0.05, 0.1) is 5.69 Å². The molecule has 1 aromatic carbocycles. The van der Waals surface area contributed by atoms with Gasteiger partial charge < -0.3 is 24.8 Å². The lowest BCUT2D eigenvalue weighted by atomic mass is 10.1. The van der Waals surface area contributed by atoms with Gasteiger partial charge in [-0.2, -0.15) is 8.78 Å². The SMILES string of the molecule is O=C(O)N1CC[C@H](Nc2cncc(-c3cnc(Oc4cccc(OC(F)F)c4)nc3)c2)C1. The molecule has 1 amide bonds. The summed E-state index contributed by atoms with van der Waals surface area (Å²) in [5.74, 6) is 0.231. The van der Waals surface area contributed by atoms with Crippen molar-refractivity contribution in [2.75, 3.05) is 18.4 Å². The average Bonchev–Trinajstić information content (AvgIpc) is 3.23. The zero-order chi connectivity index (χ0) is 22.5. The second kappa shape index (κ2) is 9.41. The zero-order valence-electron chi connectivity index (χ0n) is 16.7. The highest BCUT2D eigenvalue weighted by Gasteiger charge is 2.25. The van der Waals surface area contributed by atoms with Gasteiger partial charge in [0, 0.05) is 61.1 Å². The zero-order valence-corrected chi connectivity index (χ0v) is 16.7. The summed E-state index contributed by atoms with van der Waals surface area (Å²) in [6.45, 7) is -2.02. The Kier molecular flexibility index (Phi) is 6.24. The van der Waals surface area contributed by atoms with E-state index in [0.717, 1.165) is 17.7 Å². The molecule has 2 N–H and O–H groups in total. The standard InChI is InChI=1S/C21H19F2N5O4/c22-19(23)31-17-2-1-3-18(7-17)32-20-25-9-14(10-26-20)13-6-16(11-24-8-13)27-15-4-5-28(12-15)21(29)30/h1-3,6-11,15,19,27H,4-5,12H2,(H,29,30)/t15-/m0/s1. The monoisotopic (exact) mass is 443 g/mol. The van der Waals surface area contributed by atoms with E-state index in [0.29, 0.717) is 18.7 Å². The van der Waals surface area contributed by atoms with E-state index in [-0.39, 0.29) is 23.6 Å². The molecule has 0 aliphatic carbocycles. The predicted octanol–water partition coefficient (Wildman–Crippen LogP) is 4.10. The van der Waals surface area contributed by atoms with Crippen molar-refractivity contribution in [1.29, 1.82) is 0 Å². The summed E-state index contributed by atoms with van der Waals surface area (Å²) in [5.41, 5.74) is 2.22. The van der Waals surface area contributed by atoms with Crippen LogP contribution >= 0.6 is 0 Å². The smallest absolute Gasteiger partial charge is 0.407 e. The third-order valence-electron chi connectivity index (χ3n) is 4.77. The fourth-order valence-electron chi connectivity index (χ4n) is 3.30. The molecule has 0 radical (unpaired) electrons. The number of hydrogen-bond acceptors (Lipinski definition) is 7. The Balaban J connectivity index is 1.41. The van der Waals surface area contributed by atoms with Crippen LogP contribution in [0.25, 0.3) is 11.1 Å². The number of amides is 1. The summed E-state index contributed by atoms with van der Waals surface area (Å²) in [5, 5.41) is 12.4. The minimum atomic E-state index is -2.93. The molecular weight excluding hydrogens is 424 g/mol. The van der Waals surface area contributed by atoms with Crippen molar-refractivity contribution in [3.8, 4) is 28.6 Å². The summed E-state index contributed by atoms with van der Waals surface area (Å²) < 4.78 is 34.6. The number of halogens is 2. The minimum absolute atomic E-state index is 0.0139. The number of benzene rings is 1. The van der Waals surface area contributed by atoms with Crippen molar-refractivity contribution in [3.63, 3.8) is 0 Å². The molecule has 11 heteroatoms. The summed E-state index contributed by atoms with van der Waals surface area (Å²) >= 11 is 0. The summed E-state index contributed by atoms with van der Waals surface area (Å²) in [6.07, 6.45) is 6.24. The molecule has 0 bridgehead atoms. The van der Waals surface area contributed by atoms with E-state index in [1.54, 1.807) is 30.9 Å². The Morgan fingerprint density at radius 1 is 1.12 bits per heavy atom. The van der Waals surface area contributed by atoms with Crippen molar-refractivity contribution < 1.29 is 28.2 Å². The number of carbonyl (C=O) groups is 1. The summed E-state index contributed by atoms with van der Waals surface area (Å²) in [4.78, 5) is 25.0. The molecule has 0 unspecified atom stereocenters. The fraction of sp³-hybridized carbons (Fsp3) is 0.238. The van der Waals surface area contributed by atoms with E-state index >= 15 is 0 Å². The molecule has 3 heterocycles. The second-order valence-electron chi connectivity index (χ2n) is 7.03. The Bertz CT molecular complexity index is 1080. The molecule has 1 fully saturated rings.